The van der Waals surface area contributed by atoms with Crippen molar-refractivity contribution >= 4 is 17.9 Å². The summed E-state index contributed by atoms with van der Waals surface area (Å²) in [4.78, 5) is 38.2. The lowest BCUT2D eigenvalue weighted by molar-refractivity contribution is -0.167. The van der Waals surface area contributed by atoms with Gasteiger partial charge in [0.2, 0.25) is 0 Å². The third-order valence-electron chi connectivity index (χ3n) is 12.3. The molecule has 6 heteroatoms. The molecule has 0 N–H and O–H groups in total. The fraction of sp³-hybridized carbons (Fsp3) is 0.703. The van der Waals surface area contributed by atoms with Gasteiger partial charge in [-0.05, 0) is 116 Å². The Morgan fingerprint density at radius 1 is 0.300 bits per heavy atom. The van der Waals surface area contributed by atoms with E-state index in [1.807, 2.05) is 0 Å². The van der Waals surface area contributed by atoms with Crippen molar-refractivity contribution in [2.75, 3.05) is 13.2 Å². The fourth-order valence-electron chi connectivity index (χ4n) is 7.97. The number of allylic oxidation sites excluding steroid dienone is 16. The van der Waals surface area contributed by atoms with Crippen LogP contribution in [-0.2, 0) is 28.6 Å². The molecule has 0 saturated carbocycles. The third kappa shape index (κ3) is 55.3. The quantitative estimate of drug-likeness (QED) is 0.0262. The largest absolute Gasteiger partial charge is 0.462 e. The molecule has 0 aromatic heterocycles. The number of hydrogen-bond donors (Lipinski definition) is 0. The fourth-order valence-corrected chi connectivity index (χ4v) is 7.97. The molecule has 0 amide bonds. The molecule has 0 aliphatic rings. The van der Waals surface area contributed by atoms with E-state index in [0.717, 1.165) is 128 Å². The van der Waals surface area contributed by atoms with E-state index in [0.29, 0.717) is 19.3 Å². The van der Waals surface area contributed by atoms with Crippen LogP contribution < -0.4 is 0 Å². The maximum absolute atomic E-state index is 12.8. The zero-order valence-electron chi connectivity index (χ0n) is 45.8. The van der Waals surface area contributed by atoms with E-state index in [1.54, 1.807) is 0 Å². The number of esters is 3. The maximum Gasteiger partial charge on any atom is 0.306 e. The minimum atomic E-state index is -0.793. The van der Waals surface area contributed by atoms with Gasteiger partial charge in [0.25, 0.3) is 0 Å². The van der Waals surface area contributed by atoms with Crippen LogP contribution in [0.25, 0.3) is 0 Å². The Bertz CT molecular complexity index is 1400. The highest BCUT2D eigenvalue weighted by Gasteiger charge is 2.19. The Morgan fingerprint density at radius 3 is 0.886 bits per heavy atom. The van der Waals surface area contributed by atoms with Crippen molar-refractivity contribution in [3.8, 4) is 0 Å². The van der Waals surface area contributed by atoms with E-state index in [-0.39, 0.29) is 31.1 Å². The van der Waals surface area contributed by atoms with Crippen molar-refractivity contribution in [1.29, 1.82) is 0 Å². The molecule has 0 heterocycles. The summed E-state index contributed by atoms with van der Waals surface area (Å²) in [6.07, 6.45) is 76.8. The number of carbonyl (C=O) groups excluding carboxylic acids is 3. The van der Waals surface area contributed by atoms with Crippen LogP contribution in [0, 0.1) is 0 Å². The molecule has 1 unspecified atom stereocenters. The van der Waals surface area contributed by atoms with E-state index in [4.69, 9.17) is 14.2 Å². The minimum Gasteiger partial charge on any atom is -0.462 e. The topological polar surface area (TPSA) is 78.9 Å². The summed E-state index contributed by atoms with van der Waals surface area (Å²) in [6, 6.07) is 0. The Balaban J connectivity index is 4.37. The highest BCUT2D eigenvalue weighted by molar-refractivity contribution is 5.71. The van der Waals surface area contributed by atoms with Gasteiger partial charge in [0.05, 0.1) is 0 Å². The van der Waals surface area contributed by atoms with Crippen LogP contribution in [0.1, 0.15) is 271 Å². The van der Waals surface area contributed by atoms with Crippen molar-refractivity contribution < 1.29 is 28.6 Å². The van der Waals surface area contributed by atoms with Gasteiger partial charge in [0.1, 0.15) is 13.2 Å². The highest BCUT2D eigenvalue weighted by Crippen LogP contribution is 2.15. The smallest absolute Gasteiger partial charge is 0.306 e. The second-order valence-electron chi connectivity index (χ2n) is 19.1. The van der Waals surface area contributed by atoms with Gasteiger partial charge in [-0.2, -0.15) is 0 Å². The van der Waals surface area contributed by atoms with Crippen molar-refractivity contribution in [1.82, 2.24) is 0 Å². The van der Waals surface area contributed by atoms with Crippen LogP contribution in [-0.4, -0.2) is 37.2 Å². The lowest BCUT2D eigenvalue weighted by Gasteiger charge is -2.18. The second-order valence-corrected chi connectivity index (χ2v) is 19.1. The van der Waals surface area contributed by atoms with E-state index in [1.165, 1.54) is 103 Å². The second kappa shape index (κ2) is 57.9. The molecule has 0 rings (SSSR count). The van der Waals surface area contributed by atoms with E-state index in [2.05, 4.69) is 118 Å². The molecule has 0 aromatic carbocycles. The SMILES string of the molecule is CC/C=C\C/C=C\C/C=C\C/C=C\CCCCCCCCCCCCC(=O)OCC(COC(=O)CCCCCCC/C=C\CCCCCCC)OC(=O)CCCCCCC/C=C\C/C=C\C/C=C\CC. The molecular formula is C64H108O6. The Kier molecular flexibility index (Phi) is 54.9. The lowest BCUT2D eigenvalue weighted by atomic mass is 10.1. The number of ether oxygens (including phenoxy) is 3. The minimum absolute atomic E-state index is 0.0895. The highest BCUT2D eigenvalue weighted by atomic mass is 16.6. The van der Waals surface area contributed by atoms with Gasteiger partial charge in [-0.1, -0.05) is 234 Å². The first kappa shape index (κ1) is 66.3. The lowest BCUT2D eigenvalue weighted by Crippen LogP contribution is -2.30. The molecule has 6 nitrogen and oxygen atoms in total. The first-order valence-corrected chi connectivity index (χ1v) is 29.2. The van der Waals surface area contributed by atoms with Gasteiger partial charge < -0.3 is 14.2 Å². The first-order chi connectivity index (χ1) is 34.5. The maximum atomic E-state index is 12.8. The normalized spacial score (nSPS) is 12.8. The van der Waals surface area contributed by atoms with E-state index in [9.17, 15) is 14.4 Å². The van der Waals surface area contributed by atoms with Crippen LogP contribution >= 0.6 is 0 Å². The molecule has 0 fully saturated rings. The van der Waals surface area contributed by atoms with Gasteiger partial charge in [0, 0.05) is 19.3 Å². The zero-order chi connectivity index (χ0) is 50.7. The standard InChI is InChI=1S/C64H108O6/c1-4-7-10-13-16-19-22-25-28-29-30-31-32-33-34-35-37-39-42-45-48-51-54-57-63(66)69-60-61(59-68-62(65)56-53-50-47-44-41-38-27-24-21-18-15-12-9-6-3)70-64(67)58-55-52-49-46-43-40-36-26-23-20-17-14-11-8-5-2/h7-8,10-11,16-17,19-20,24-28,30-31,36,61H,4-6,9,12-15,18,21-23,29,32-35,37-60H2,1-3H3/b10-7-,11-8-,19-16-,20-17-,27-24-,28-25-,31-30-,36-26-. The van der Waals surface area contributed by atoms with E-state index >= 15 is 0 Å². The van der Waals surface area contributed by atoms with Gasteiger partial charge in [-0.3, -0.25) is 14.4 Å². The van der Waals surface area contributed by atoms with Crippen LogP contribution in [0.2, 0.25) is 0 Å². The van der Waals surface area contributed by atoms with Crippen LogP contribution in [0.3, 0.4) is 0 Å². The monoisotopic (exact) mass is 973 g/mol. The molecule has 0 radical (unpaired) electrons. The summed E-state index contributed by atoms with van der Waals surface area (Å²) in [7, 11) is 0. The van der Waals surface area contributed by atoms with Gasteiger partial charge >= 0.3 is 17.9 Å². The summed E-state index contributed by atoms with van der Waals surface area (Å²) in [5.41, 5.74) is 0. The molecule has 0 aromatic rings. The summed E-state index contributed by atoms with van der Waals surface area (Å²) in [6.45, 7) is 6.39. The van der Waals surface area contributed by atoms with Gasteiger partial charge in [0.15, 0.2) is 6.10 Å². The first-order valence-electron chi connectivity index (χ1n) is 29.2. The van der Waals surface area contributed by atoms with Crippen molar-refractivity contribution in [2.45, 2.75) is 277 Å². The predicted molar refractivity (Wildman–Crippen MR) is 302 cm³/mol. The number of hydrogen-bond acceptors (Lipinski definition) is 6. The molecule has 0 bridgehead atoms. The Labute approximate surface area is 432 Å². The molecule has 400 valence electrons. The summed E-state index contributed by atoms with van der Waals surface area (Å²) < 4.78 is 16.9. The molecule has 70 heavy (non-hydrogen) atoms. The van der Waals surface area contributed by atoms with Crippen molar-refractivity contribution in [2.24, 2.45) is 0 Å². The molecular weight excluding hydrogens is 865 g/mol. The van der Waals surface area contributed by atoms with Crippen LogP contribution in [0.4, 0.5) is 0 Å². The van der Waals surface area contributed by atoms with Crippen LogP contribution in [0.15, 0.2) is 97.2 Å². The zero-order valence-corrected chi connectivity index (χ0v) is 45.8. The molecule has 0 spiro atoms. The van der Waals surface area contributed by atoms with Gasteiger partial charge in [-0.15, -0.1) is 0 Å². The molecule has 0 saturated heterocycles. The summed E-state index contributed by atoms with van der Waals surface area (Å²) >= 11 is 0. The van der Waals surface area contributed by atoms with Crippen molar-refractivity contribution in [3.63, 3.8) is 0 Å². The summed E-state index contributed by atoms with van der Waals surface area (Å²) in [5, 5.41) is 0. The average Bonchev–Trinajstić information content (AvgIpc) is 3.36. The van der Waals surface area contributed by atoms with E-state index < -0.39 is 6.10 Å². The average molecular weight is 974 g/mol. The van der Waals surface area contributed by atoms with Crippen molar-refractivity contribution in [3.05, 3.63) is 97.2 Å². The molecule has 0 aliphatic heterocycles. The van der Waals surface area contributed by atoms with Gasteiger partial charge in [-0.25, -0.2) is 0 Å². The number of rotatable bonds is 52. The Hall–Kier alpha value is -3.67. The Morgan fingerprint density at radius 2 is 0.557 bits per heavy atom. The predicted octanol–water partition coefficient (Wildman–Crippen LogP) is 19.7. The number of unbranched alkanes of at least 4 members (excludes halogenated alkanes) is 25. The number of carbonyl (C=O) groups is 3. The van der Waals surface area contributed by atoms with Crippen LogP contribution in [0.5, 0.6) is 0 Å². The summed E-state index contributed by atoms with van der Waals surface area (Å²) in [5.74, 6) is -0.915. The molecule has 0 aliphatic carbocycles. The third-order valence-corrected chi connectivity index (χ3v) is 12.3. The molecule has 1 atom stereocenters.